The first-order chi connectivity index (χ1) is 8.98. The summed E-state index contributed by atoms with van der Waals surface area (Å²) in [6.45, 7) is 8.18. The zero-order valence-electron chi connectivity index (χ0n) is 12.3. The predicted octanol–water partition coefficient (Wildman–Crippen LogP) is 0.131. The monoisotopic (exact) mass is 293 g/mol. The zero-order valence-corrected chi connectivity index (χ0v) is 13.1. The highest BCUT2D eigenvalue weighted by Gasteiger charge is 2.30. The maximum atomic E-state index is 12.6. The summed E-state index contributed by atoms with van der Waals surface area (Å²) >= 11 is 0. The van der Waals surface area contributed by atoms with Crippen molar-refractivity contribution in [3.05, 3.63) is 0 Å². The van der Waals surface area contributed by atoms with E-state index in [1.165, 1.54) is 0 Å². The van der Waals surface area contributed by atoms with Gasteiger partial charge in [0.1, 0.15) is 0 Å². The largest absolute Gasteiger partial charge is 0.383 e. The lowest BCUT2D eigenvalue weighted by molar-refractivity contribution is 0.172. The van der Waals surface area contributed by atoms with Gasteiger partial charge >= 0.3 is 0 Å². The zero-order chi connectivity index (χ0) is 14.3. The molecule has 1 fully saturated rings. The average Bonchev–Trinajstić information content (AvgIpc) is 2.63. The van der Waals surface area contributed by atoms with Crippen LogP contribution in [-0.2, 0) is 14.9 Å². The molecule has 0 spiro atoms. The quantitative estimate of drug-likeness (QED) is 0.725. The number of hydrogen-bond acceptors (Lipinski definition) is 4. The molecular weight excluding hydrogens is 266 g/mol. The van der Waals surface area contributed by atoms with Gasteiger partial charge in [-0.3, -0.25) is 0 Å². The van der Waals surface area contributed by atoms with E-state index in [0.29, 0.717) is 38.7 Å². The van der Waals surface area contributed by atoms with Crippen LogP contribution in [0.4, 0.5) is 0 Å². The third-order valence-corrected chi connectivity index (χ3v) is 5.07. The Labute approximate surface area is 117 Å². The Morgan fingerprint density at radius 2 is 2.05 bits per heavy atom. The smallest absolute Gasteiger partial charge is 0.282 e. The standard InChI is InChI=1S/C12H27N3O3S/c1-12(2)11-15(9-10-18-3)19(16,17)14-7-4-5-13-6-8-14/h12-13H,4-11H2,1-3H3. The Balaban J connectivity index is 2.77. The van der Waals surface area contributed by atoms with Crippen LogP contribution in [0.25, 0.3) is 0 Å². The number of ether oxygens (including phenoxy) is 1. The second-order valence-electron chi connectivity index (χ2n) is 5.26. The van der Waals surface area contributed by atoms with Crippen LogP contribution in [0, 0.1) is 5.92 Å². The molecule has 0 atom stereocenters. The number of nitrogens with one attached hydrogen (secondary N) is 1. The van der Waals surface area contributed by atoms with Gasteiger partial charge in [-0.15, -0.1) is 0 Å². The van der Waals surface area contributed by atoms with Gasteiger partial charge in [0.15, 0.2) is 0 Å². The molecule has 19 heavy (non-hydrogen) atoms. The first-order valence-corrected chi connectivity index (χ1v) is 8.33. The summed E-state index contributed by atoms with van der Waals surface area (Å²) in [5.41, 5.74) is 0. The van der Waals surface area contributed by atoms with Gasteiger partial charge in [-0.1, -0.05) is 13.8 Å². The molecule has 1 saturated heterocycles. The molecule has 0 radical (unpaired) electrons. The van der Waals surface area contributed by atoms with Gasteiger partial charge in [-0.25, -0.2) is 0 Å². The minimum atomic E-state index is -3.37. The van der Waals surface area contributed by atoms with Crippen LogP contribution >= 0.6 is 0 Å². The van der Waals surface area contributed by atoms with Crippen molar-refractivity contribution >= 4 is 10.2 Å². The molecule has 1 aliphatic rings. The molecule has 114 valence electrons. The molecule has 7 heteroatoms. The van der Waals surface area contributed by atoms with Crippen LogP contribution in [-0.4, -0.2) is 70.0 Å². The summed E-state index contributed by atoms with van der Waals surface area (Å²) in [5, 5.41) is 3.22. The second kappa shape index (κ2) is 8.16. The van der Waals surface area contributed by atoms with E-state index in [-0.39, 0.29) is 0 Å². The van der Waals surface area contributed by atoms with E-state index in [9.17, 15) is 8.42 Å². The first kappa shape index (κ1) is 16.8. The van der Waals surface area contributed by atoms with Crippen LogP contribution in [0.2, 0.25) is 0 Å². The fourth-order valence-corrected chi connectivity index (χ4v) is 3.92. The van der Waals surface area contributed by atoms with Crippen LogP contribution in [0.3, 0.4) is 0 Å². The third-order valence-electron chi connectivity index (χ3n) is 3.07. The molecule has 0 saturated carbocycles. The fraction of sp³-hybridized carbons (Fsp3) is 1.00. The molecule has 0 aliphatic carbocycles. The minimum Gasteiger partial charge on any atom is -0.383 e. The molecule has 0 aromatic heterocycles. The van der Waals surface area contributed by atoms with Crippen molar-refractivity contribution in [1.82, 2.24) is 13.9 Å². The molecule has 1 heterocycles. The molecule has 1 rings (SSSR count). The number of methoxy groups -OCH3 is 1. The van der Waals surface area contributed by atoms with Crippen molar-refractivity contribution < 1.29 is 13.2 Å². The lowest BCUT2D eigenvalue weighted by Gasteiger charge is -2.30. The van der Waals surface area contributed by atoms with Gasteiger partial charge in [0.25, 0.3) is 10.2 Å². The van der Waals surface area contributed by atoms with Crippen molar-refractivity contribution in [3.8, 4) is 0 Å². The van der Waals surface area contributed by atoms with Gasteiger partial charge < -0.3 is 10.1 Å². The van der Waals surface area contributed by atoms with E-state index in [0.717, 1.165) is 19.5 Å². The minimum absolute atomic E-state index is 0.303. The van der Waals surface area contributed by atoms with E-state index in [4.69, 9.17) is 4.74 Å². The Bertz CT molecular complexity index is 338. The molecule has 0 unspecified atom stereocenters. The summed E-state index contributed by atoms with van der Waals surface area (Å²) in [6, 6.07) is 0. The highest BCUT2D eigenvalue weighted by atomic mass is 32.2. The summed E-state index contributed by atoms with van der Waals surface area (Å²) in [7, 11) is -1.77. The van der Waals surface area contributed by atoms with Crippen molar-refractivity contribution in [3.63, 3.8) is 0 Å². The molecule has 1 aliphatic heterocycles. The van der Waals surface area contributed by atoms with Crippen molar-refractivity contribution in [1.29, 1.82) is 0 Å². The summed E-state index contributed by atoms with van der Waals surface area (Å²) in [4.78, 5) is 0. The van der Waals surface area contributed by atoms with Crippen LogP contribution in [0.5, 0.6) is 0 Å². The van der Waals surface area contributed by atoms with E-state index in [1.54, 1.807) is 15.7 Å². The molecule has 0 bridgehead atoms. The predicted molar refractivity (Wildman–Crippen MR) is 76.3 cm³/mol. The Hall–Kier alpha value is -0.210. The second-order valence-corrected chi connectivity index (χ2v) is 7.18. The molecule has 0 aromatic carbocycles. The van der Waals surface area contributed by atoms with Crippen LogP contribution in [0.15, 0.2) is 0 Å². The van der Waals surface area contributed by atoms with Crippen molar-refractivity contribution in [2.24, 2.45) is 5.92 Å². The Morgan fingerprint density at radius 3 is 2.68 bits per heavy atom. The first-order valence-electron chi connectivity index (χ1n) is 6.93. The number of hydrogen-bond donors (Lipinski definition) is 1. The van der Waals surface area contributed by atoms with E-state index >= 15 is 0 Å². The lowest BCUT2D eigenvalue weighted by atomic mass is 10.2. The third kappa shape index (κ3) is 5.35. The Kier molecular flexibility index (Phi) is 7.23. The molecule has 0 amide bonds. The maximum absolute atomic E-state index is 12.6. The summed E-state index contributed by atoms with van der Waals surface area (Å²) in [5.74, 6) is 0.303. The molecular formula is C12H27N3O3S. The Morgan fingerprint density at radius 1 is 1.32 bits per heavy atom. The highest BCUT2D eigenvalue weighted by molar-refractivity contribution is 7.86. The average molecular weight is 293 g/mol. The van der Waals surface area contributed by atoms with Gasteiger partial charge in [0, 0.05) is 39.8 Å². The highest BCUT2D eigenvalue weighted by Crippen LogP contribution is 2.12. The normalized spacial score (nSPS) is 19.0. The number of nitrogens with zero attached hydrogens (tertiary/aromatic N) is 2. The van der Waals surface area contributed by atoms with E-state index < -0.39 is 10.2 Å². The van der Waals surface area contributed by atoms with Crippen LogP contribution < -0.4 is 5.32 Å². The van der Waals surface area contributed by atoms with Gasteiger partial charge in [0.2, 0.25) is 0 Å². The van der Waals surface area contributed by atoms with Gasteiger partial charge in [-0.05, 0) is 18.9 Å². The van der Waals surface area contributed by atoms with Crippen LogP contribution in [0.1, 0.15) is 20.3 Å². The maximum Gasteiger partial charge on any atom is 0.282 e. The summed E-state index contributed by atoms with van der Waals surface area (Å²) in [6.07, 6.45) is 0.860. The molecule has 1 N–H and O–H groups in total. The molecule has 6 nitrogen and oxygen atoms in total. The topological polar surface area (TPSA) is 61.9 Å². The fourth-order valence-electron chi connectivity index (χ4n) is 2.12. The SMILES string of the molecule is COCCN(CC(C)C)S(=O)(=O)N1CCCNCC1. The van der Waals surface area contributed by atoms with Crippen molar-refractivity contribution in [2.75, 3.05) is 53.0 Å². The van der Waals surface area contributed by atoms with E-state index in [2.05, 4.69) is 5.32 Å². The van der Waals surface area contributed by atoms with Gasteiger partial charge in [0.05, 0.1) is 6.61 Å². The van der Waals surface area contributed by atoms with E-state index in [1.807, 2.05) is 13.8 Å². The summed E-state index contributed by atoms with van der Waals surface area (Å²) < 4.78 is 33.5. The molecule has 0 aromatic rings. The lowest BCUT2D eigenvalue weighted by Crippen LogP contribution is -2.47. The van der Waals surface area contributed by atoms with Gasteiger partial charge in [-0.2, -0.15) is 17.0 Å². The van der Waals surface area contributed by atoms with Crippen molar-refractivity contribution in [2.45, 2.75) is 20.3 Å². The number of rotatable bonds is 7.